The Labute approximate surface area is 107 Å². The molecule has 0 heteroatoms. The van der Waals surface area contributed by atoms with Crippen molar-refractivity contribution < 1.29 is 0 Å². The summed E-state index contributed by atoms with van der Waals surface area (Å²) < 4.78 is 0. The second-order valence-corrected chi connectivity index (χ2v) is 6.20. The van der Waals surface area contributed by atoms with Gasteiger partial charge in [0.15, 0.2) is 0 Å². The van der Waals surface area contributed by atoms with Gasteiger partial charge in [0.05, 0.1) is 0 Å². The van der Waals surface area contributed by atoms with Crippen LogP contribution in [0.25, 0.3) is 0 Å². The second kappa shape index (κ2) is 5.00. The number of fused-ring (bicyclic) bond motifs is 1. The van der Waals surface area contributed by atoms with E-state index in [9.17, 15) is 0 Å². The van der Waals surface area contributed by atoms with Crippen molar-refractivity contribution in [3.63, 3.8) is 0 Å². The van der Waals surface area contributed by atoms with E-state index in [2.05, 4.69) is 39.8 Å². The first-order valence-corrected chi connectivity index (χ1v) is 7.45. The first kappa shape index (κ1) is 12.9. The van der Waals surface area contributed by atoms with Gasteiger partial charge in [0.2, 0.25) is 0 Å². The van der Waals surface area contributed by atoms with Gasteiger partial charge < -0.3 is 0 Å². The average molecular weight is 232 g/mol. The van der Waals surface area contributed by atoms with Crippen LogP contribution in [0.15, 0.2) is 23.3 Å². The minimum atomic E-state index is 0.649. The Morgan fingerprint density at radius 2 is 2.12 bits per heavy atom. The second-order valence-electron chi connectivity index (χ2n) is 6.20. The smallest absolute Gasteiger partial charge is 0.0133 e. The highest BCUT2D eigenvalue weighted by molar-refractivity contribution is 5.27. The lowest BCUT2D eigenvalue weighted by Gasteiger charge is -2.44. The summed E-state index contributed by atoms with van der Waals surface area (Å²) in [5.74, 6) is 1.83. The first-order chi connectivity index (χ1) is 8.15. The Morgan fingerprint density at radius 1 is 1.35 bits per heavy atom. The maximum Gasteiger partial charge on any atom is -0.0133 e. The third kappa shape index (κ3) is 2.00. The number of hydrogen-bond acceptors (Lipinski definition) is 0. The fraction of sp³-hybridized carbons (Fsp3) is 0.765. The summed E-state index contributed by atoms with van der Waals surface area (Å²) >= 11 is 0. The highest BCUT2D eigenvalue weighted by Crippen LogP contribution is 2.59. The van der Waals surface area contributed by atoms with Gasteiger partial charge in [-0.15, -0.1) is 0 Å². The normalized spacial score (nSPS) is 37.9. The first-order valence-electron chi connectivity index (χ1n) is 7.45. The molecule has 2 aliphatic rings. The maximum atomic E-state index is 2.50. The zero-order chi connectivity index (χ0) is 12.5. The van der Waals surface area contributed by atoms with E-state index in [1.54, 1.807) is 11.1 Å². The monoisotopic (exact) mass is 232 g/mol. The van der Waals surface area contributed by atoms with Crippen LogP contribution in [0.1, 0.15) is 66.2 Å². The van der Waals surface area contributed by atoms with Crippen LogP contribution in [0, 0.1) is 17.3 Å². The molecular formula is C17H28. The topological polar surface area (TPSA) is 0 Å². The van der Waals surface area contributed by atoms with Crippen LogP contribution >= 0.6 is 0 Å². The van der Waals surface area contributed by atoms with E-state index < -0.39 is 0 Å². The van der Waals surface area contributed by atoms with Crippen molar-refractivity contribution in [1.82, 2.24) is 0 Å². The standard InChI is InChI=1S/C17H28/c1-5-7-8-15-13(3)11-12-17(6-2)14(4)9-10-16(15)17/h5,7,14,16H,6,8-12H2,1-4H3. The molecule has 3 unspecified atom stereocenters. The molecule has 0 aromatic rings. The molecule has 0 aromatic heterocycles. The van der Waals surface area contributed by atoms with E-state index in [0.29, 0.717) is 5.41 Å². The van der Waals surface area contributed by atoms with Gasteiger partial charge in [0, 0.05) is 0 Å². The van der Waals surface area contributed by atoms with Crippen LogP contribution in [0.2, 0.25) is 0 Å². The molecule has 0 spiro atoms. The molecule has 96 valence electrons. The van der Waals surface area contributed by atoms with Crippen LogP contribution in [0.3, 0.4) is 0 Å². The fourth-order valence-corrected chi connectivity index (χ4v) is 4.49. The highest BCUT2D eigenvalue weighted by Gasteiger charge is 2.49. The number of rotatable bonds is 3. The van der Waals surface area contributed by atoms with Gasteiger partial charge in [-0.05, 0) is 69.6 Å². The van der Waals surface area contributed by atoms with Crippen molar-refractivity contribution in [2.75, 3.05) is 0 Å². The maximum absolute atomic E-state index is 2.50. The highest BCUT2D eigenvalue weighted by atomic mass is 14.5. The van der Waals surface area contributed by atoms with E-state index >= 15 is 0 Å². The number of allylic oxidation sites excluding steroid dienone is 4. The lowest BCUT2D eigenvalue weighted by molar-refractivity contribution is 0.127. The van der Waals surface area contributed by atoms with E-state index in [-0.39, 0.29) is 0 Å². The zero-order valence-electron chi connectivity index (χ0n) is 12.1. The van der Waals surface area contributed by atoms with E-state index in [1.165, 1.54) is 38.5 Å². The summed E-state index contributed by atoms with van der Waals surface area (Å²) in [6.45, 7) is 9.44. The molecule has 0 aromatic carbocycles. The van der Waals surface area contributed by atoms with Crippen LogP contribution in [0.5, 0.6) is 0 Å². The largest absolute Gasteiger partial charge is 0.0913 e. The van der Waals surface area contributed by atoms with Crippen LogP contribution in [-0.4, -0.2) is 0 Å². The molecule has 0 N–H and O–H groups in total. The van der Waals surface area contributed by atoms with Crippen molar-refractivity contribution in [2.45, 2.75) is 66.2 Å². The molecule has 0 saturated heterocycles. The third-order valence-corrected chi connectivity index (χ3v) is 5.73. The molecule has 0 amide bonds. The number of hydrogen-bond donors (Lipinski definition) is 0. The lowest BCUT2D eigenvalue weighted by Crippen LogP contribution is -2.34. The van der Waals surface area contributed by atoms with Gasteiger partial charge in [-0.1, -0.05) is 37.1 Å². The predicted octanol–water partition coefficient (Wildman–Crippen LogP) is 5.51. The third-order valence-electron chi connectivity index (χ3n) is 5.73. The summed E-state index contributed by atoms with van der Waals surface area (Å²) in [6, 6.07) is 0. The van der Waals surface area contributed by atoms with Gasteiger partial charge in [-0.2, -0.15) is 0 Å². The summed E-state index contributed by atoms with van der Waals surface area (Å²) in [4.78, 5) is 0. The van der Waals surface area contributed by atoms with Gasteiger partial charge >= 0.3 is 0 Å². The van der Waals surface area contributed by atoms with Crippen molar-refractivity contribution in [2.24, 2.45) is 17.3 Å². The van der Waals surface area contributed by atoms with E-state index in [1.807, 2.05) is 0 Å². The zero-order valence-corrected chi connectivity index (χ0v) is 12.1. The Morgan fingerprint density at radius 3 is 2.76 bits per heavy atom. The van der Waals surface area contributed by atoms with Gasteiger partial charge in [0.1, 0.15) is 0 Å². The molecular weight excluding hydrogens is 204 g/mol. The van der Waals surface area contributed by atoms with E-state index in [0.717, 1.165) is 11.8 Å². The van der Waals surface area contributed by atoms with Gasteiger partial charge in [0.25, 0.3) is 0 Å². The molecule has 3 atom stereocenters. The van der Waals surface area contributed by atoms with Crippen molar-refractivity contribution >= 4 is 0 Å². The average Bonchev–Trinajstić information content (AvgIpc) is 2.67. The molecule has 0 aliphatic heterocycles. The molecule has 2 aliphatic carbocycles. The SMILES string of the molecule is CC=CCC1=C(C)CCC2(CC)C(C)CCC12. The van der Waals surface area contributed by atoms with Crippen LogP contribution in [0.4, 0.5) is 0 Å². The summed E-state index contributed by atoms with van der Waals surface area (Å²) in [5, 5.41) is 0. The molecule has 0 heterocycles. The predicted molar refractivity (Wildman–Crippen MR) is 76.0 cm³/mol. The Balaban J connectivity index is 2.31. The van der Waals surface area contributed by atoms with Gasteiger partial charge in [-0.3, -0.25) is 0 Å². The van der Waals surface area contributed by atoms with Crippen LogP contribution < -0.4 is 0 Å². The summed E-state index contributed by atoms with van der Waals surface area (Å²) in [7, 11) is 0. The molecule has 1 fully saturated rings. The van der Waals surface area contributed by atoms with Crippen molar-refractivity contribution in [3.05, 3.63) is 23.3 Å². The quantitative estimate of drug-likeness (QED) is 0.563. The van der Waals surface area contributed by atoms with E-state index in [4.69, 9.17) is 0 Å². The molecule has 0 nitrogen and oxygen atoms in total. The van der Waals surface area contributed by atoms with Gasteiger partial charge in [-0.25, -0.2) is 0 Å². The van der Waals surface area contributed by atoms with Crippen LogP contribution in [-0.2, 0) is 0 Å². The molecule has 0 radical (unpaired) electrons. The fourth-order valence-electron chi connectivity index (χ4n) is 4.49. The minimum Gasteiger partial charge on any atom is -0.0913 e. The Bertz CT molecular complexity index is 334. The lowest BCUT2D eigenvalue weighted by atomic mass is 9.61. The molecule has 0 bridgehead atoms. The Kier molecular flexibility index (Phi) is 3.80. The van der Waals surface area contributed by atoms with Crippen molar-refractivity contribution in [3.8, 4) is 0 Å². The minimum absolute atomic E-state index is 0.649. The molecule has 17 heavy (non-hydrogen) atoms. The summed E-state index contributed by atoms with van der Waals surface area (Å²) in [5.41, 5.74) is 4.14. The molecule has 2 rings (SSSR count). The Hall–Kier alpha value is -0.520. The van der Waals surface area contributed by atoms with Crippen molar-refractivity contribution in [1.29, 1.82) is 0 Å². The molecule has 1 saturated carbocycles. The summed E-state index contributed by atoms with van der Waals surface area (Å²) in [6.07, 6.45) is 12.8.